The summed E-state index contributed by atoms with van der Waals surface area (Å²) in [5, 5.41) is 17.0. The van der Waals surface area contributed by atoms with E-state index >= 15 is 0 Å². The standard InChI is InChI=1S/C45H50N8O6/c1-5-22-51-30-42(56)52-38(25-32-14-18-35(54)19-15-32)45(58)50(29-40(52)53(51)41(55)21-16-31-10-7-6-8-11-31)27-33-12-9-13-36-37(28-49(4)43(33)36)44(57)47-34-17-20-39(46-26-34)59-24-23-48(2)3/h5-15,17-20,26,28,38,40,54H,1,16,21-25,27,29-30H2,2-4H3,(H,47,57)/t38-,40-/m0/s1. The van der Waals surface area contributed by atoms with Crippen molar-refractivity contribution >= 4 is 40.2 Å². The fourth-order valence-electron chi connectivity index (χ4n) is 7.91. The van der Waals surface area contributed by atoms with Crippen LogP contribution in [-0.2, 0) is 40.8 Å². The Labute approximate surface area is 343 Å². The number of benzene rings is 3. The lowest BCUT2D eigenvalue weighted by atomic mass is 9.97. The van der Waals surface area contributed by atoms with Crippen molar-refractivity contribution < 1.29 is 29.0 Å². The molecule has 0 saturated carbocycles. The van der Waals surface area contributed by atoms with Gasteiger partial charge in [-0.3, -0.25) is 19.2 Å². The van der Waals surface area contributed by atoms with Crippen molar-refractivity contribution in [2.45, 2.75) is 38.0 Å². The first-order chi connectivity index (χ1) is 28.5. The van der Waals surface area contributed by atoms with E-state index in [0.717, 1.165) is 28.8 Å². The summed E-state index contributed by atoms with van der Waals surface area (Å²) >= 11 is 0. The molecule has 14 nitrogen and oxygen atoms in total. The molecule has 2 fully saturated rings. The van der Waals surface area contributed by atoms with Crippen LogP contribution in [-0.4, -0.2) is 122 Å². The molecule has 2 aliphatic rings. The highest BCUT2D eigenvalue weighted by molar-refractivity contribution is 6.13. The minimum Gasteiger partial charge on any atom is -0.508 e. The van der Waals surface area contributed by atoms with Gasteiger partial charge in [-0.25, -0.2) is 15.0 Å². The summed E-state index contributed by atoms with van der Waals surface area (Å²) < 4.78 is 7.57. The Morgan fingerprint density at radius 3 is 2.49 bits per heavy atom. The molecule has 0 spiro atoms. The quantitative estimate of drug-likeness (QED) is 0.147. The van der Waals surface area contributed by atoms with Gasteiger partial charge in [0, 0.05) is 57.2 Å². The van der Waals surface area contributed by atoms with Crippen molar-refractivity contribution in [2.75, 3.05) is 52.2 Å². The van der Waals surface area contributed by atoms with Gasteiger partial charge in [-0.05, 0) is 55.4 Å². The molecule has 0 aliphatic carbocycles. The molecular weight excluding hydrogens is 749 g/mol. The number of phenolic OH excluding ortho intramolecular Hbond substituents is 1. The number of phenols is 1. The highest BCUT2D eigenvalue weighted by Crippen LogP contribution is 2.32. The molecule has 59 heavy (non-hydrogen) atoms. The third-order valence-electron chi connectivity index (χ3n) is 10.7. The van der Waals surface area contributed by atoms with Gasteiger partial charge >= 0.3 is 0 Å². The number of likely N-dealkylation sites (N-methyl/N-ethyl adjacent to an activating group) is 1. The summed E-state index contributed by atoms with van der Waals surface area (Å²) in [5.41, 5.74) is 4.31. The third-order valence-corrected chi connectivity index (χ3v) is 10.7. The molecule has 2 aromatic heterocycles. The van der Waals surface area contributed by atoms with Gasteiger partial charge in [0.05, 0.1) is 36.1 Å². The van der Waals surface area contributed by atoms with Gasteiger partial charge in [-0.1, -0.05) is 66.7 Å². The van der Waals surface area contributed by atoms with Gasteiger partial charge in [0.15, 0.2) is 0 Å². The van der Waals surface area contributed by atoms with Crippen LogP contribution in [0.15, 0.2) is 110 Å². The molecule has 0 bridgehead atoms. The predicted octanol–water partition coefficient (Wildman–Crippen LogP) is 4.46. The van der Waals surface area contributed by atoms with Gasteiger partial charge in [-0.15, -0.1) is 6.58 Å². The number of amides is 4. The van der Waals surface area contributed by atoms with Gasteiger partial charge in [-0.2, -0.15) is 0 Å². The van der Waals surface area contributed by atoms with E-state index in [1.807, 2.05) is 79.1 Å². The van der Waals surface area contributed by atoms with E-state index in [2.05, 4.69) is 16.9 Å². The van der Waals surface area contributed by atoms with Crippen molar-refractivity contribution in [3.8, 4) is 11.6 Å². The molecule has 306 valence electrons. The molecule has 2 aliphatic heterocycles. The molecule has 5 aromatic rings. The number of aromatic nitrogens is 2. The monoisotopic (exact) mass is 798 g/mol. The highest BCUT2D eigenvalue weighted by Gasteiger charge is 2.51. The van der Waals surface area contributed by atoms with E-state index < -0.39 is 12.2 Å². The molecule has 4 heterocycles. The summed E-state index contributed by atoms with van der Waals surface area (Å²) in [5.74, 6) is -0.456. The predicted molar refractivity (Wildman–Crippen MR) is 224 cm³/mol. The zero-order chi connectivity index (χ0) is 41.6. The molecule has 2 N–H and O–H groups in total. The van der Waals surface area contributed by atoms with Crippen LogP contribution in [0.5, 0.6) is 11.6 Å². The largest absolute Gasteiger partial charge is 0.508 e. The third kappa shape index (κ3) is 9.14. The number of hydrazine groups is 1. The second kappa shape index (κ2) is 18.0. The Kier molecular flexibility index (Phi) is 12.4. The maximum Gasteiger partial charge on any atom is 0.257 e. The molecular formula is C45H50N8O6. The molecule has 2 saturated heterocycles. The molecule has 0 radical (unpaired) electrons. The number of hydrogen-bond acceptors (Lipinski definition) is 9. The molecule has 0 unspecified atom stereocenters. The number of aryl methyl sites for hydroxylation is 2. The Balaban J connectivity index is 1.18. The zero-order valence-corrected chi connectivity index (χ0v) is 33.7. The highest BCUT2D eigenvalue weighted by atomic mass is 16.5. The van der Waals surface area contributed by atoms with Gasteiger partial charge in [0.2, 0.25) is 23.6 Å². The van der Waals surface area contributed by atoms with Crippen molar-refractivity contribution in [3.63, 3.8) is 0 Å². The Bertz CT molecular complexity index is 2310. The molecule has 14 heteroatoms. The number of anilines is 1. The number of nitrogens with one attached hydrogen (secondary N) is 1. The summed E-state index contributed by atoms with van der Waals surface area (Å²) in [6, 6.07) is 24.5. The number of fused-ring (bicyclic) bond motifs is 2. The normalized spacial score (nSPS) is 17.1. The maximum absolute atomic E-state index is 14.7. The number of piperazine rings is 1. The van der Waals surface area contributed by atoms with Crippen molar-refractivity contribution in [3.05, 3.63) is 132 Å². The fourth-order valence-corrected chi connectivity index (χ4v) is 7.91. The lowest BCUT2D eigenvalue weighted by Crippen LogP contribution is -2.75. The second-order valence-electron chi connectivity index (χ2n) is 15.2. The van der Waals surface area contributed by atoms with Gasteiger partial charge < -0.3 is 34.4 Å². The number of para-hydroxylation sites is 1. The van der Waals surface area contributed by atoms with Crippen LogP contribution in [0.1, 0.15) is 33.5 Å². The van der Waals surface area contributed by atoms with Crippen molar-refractivity contribution in [1.82, 2.24) is 34.3 Å². The molecule has 7 rings (SSSR count). The van der Waals surface area contributed by atoms with E-state index in [-0.39, 0.29) is 68.4 Å². The van der Waals surface area contributed by atoms with E-state index in [9.17, 15) is 24.3 Å². The number of carbonyl (C=O) groups is 4. The number of nitrogens with zero attached hydrogens (tertiary/aromatic N) is 7. The topological polar surface area (TPSA) is 144 Å². The van der Waals surface area contributed by atoms with E-state index in [1.165, 1.54) is 0 Å². The summed E-state index contributed by atoms with van der Waals surface area (Å²) in [7, 11) is 5.79. The zero-order valence-electron chi connectivity index (χ0n) is 33.7. The van der Waals surface area contributed by atoms with E-state index in [1.54, 1.807) is 74.7 Å². The Morgan fingerprint density at radius 2 is 1.78 bits per heavy atom. The first-order valence-corrected chi connectivity index (χ1v) is 19.7. The first kappa shape index (κ1) is 40.7. The van der Waals surface area contributed by atoms with Crippen LogP contribution in [0.2, 0.25) is 0 Å². The van der Waals surface area contributed by atoms with Crippen LogP contribution in [0.4, 0.5) is 5.69 Å². The number of ether oxygens (including phenoxy) is 1. The molecule has 2 atom stereocenters. The number of hydrogen-bond donors (Lipinski definition) is 2. The fraction of sp³-hybridized carbons (Fsp3) is 0.311. The molecule has 4 amide bonds. The Hall–Kier alpha value is -6.51. The maximum atomic E-state index is 14.7. The van der Waals surface area contributed by atoms with Crippen LogP contribution in [0.3, 0.4) is 0 Å². The lowest BCUT2D eigenvalue weighted by Gasteiger charge is -2.55. The van der Waals surface area contributed by atoms with Gasteiger partial charge in [0.25, 0.3) is 5.91 Å². The number of pyridine rings is 1. The SMILES string of the molecule is C=CCN1CC(=O)N2[C@@H](Cc3ccc(O)cc3)C(=O)N(Cc3cccc4c(C(=O)Nc5ccc(OCCN(C)C)nc5)cn(C)c34)C[C@@H]2N1C(=O)CCc1ccccc1. The van der Waals surface area contributed by atoms with Crippen molar-refractivity contribution in [1.29, 1.82) is 0 Å². The molecule has 3 aromatic carbocycles. The average molecular weight is 799 g/mol. The average Bonchev–Trinajstić information content (AvgIpc) is 3.57. The summed E-state index contributed by atoms with van der Waals surface area (Å²) in [4.78, 5) is 66.4. The summed E-state index contributed by atoms with van der Waals surface area (Å²) in [6.45, 7) is 5.53. The minimum atomic E-state index is -0.923. The van der Waals surface area contributed by atoms with Crippen LogP contribution in [0.25, 0.3) is 10.9 Å². The van der Waals surface area contributed by atoms with Crippen molar-refractivity contribution in [2.24, 2.45) is 7.05 Å². The van der Waals surface area contributed by atoms with Crippen LogP contribution < -0.4 is 10.1 Å². The number of carbonyl (C=O) groups excluding carboxylic acids is 4. The van der Waals surface area contributed by atoms with Crippen LogP contribution in [0, 0.1) is 0 Å². The smallest absolute Gasteiger partial charge is 0.257 e. The Morgan fingerprint density at radius 1 is 1.00 bits per heavy atom. The first-order valence-electron chi connectivity index (χ1n) is 19.7. The minimum absolute atomic E-state index is 0.0668. The van der Waals surface area contributed by atoms with Gasteiger partial charge in [0.1, 0.15) is 24.6 Å². The van der Waals surface area contributed by atoms with E-state index in [4.69, 9.17) is 4.74 Å². The lowest BCUT2D eigenvalue weighted by molar-refractivity contribution is -0.205. The van der Waals surface area contributed by atoms with E-state index in [0.29, 0.717) is 35.5 Å². The number of aromatic hydroxyl groups is 1. The van der Waals surface area contributed by atoms with Crippen LogP contribution >= 0.6 is 0 Å². The second-order valence-corrected chi connectivity index (χ2v) is 15.2. The summed E-state index contributed by atoms with van der Waals surface area (Å²) in [6.07, 6.45) is 5.10. The number of rotatable bonds is 15.